The van der Waals surface area contributed by atoms with Gasteiger partial charge in [0.25, 0.3) is 0 Å². The fraction of sp³-hybridized carbons (Fsp3) is 0.625. The van der Waals surface area contributed by atoms with E-state index in [-0.39, 0.29) is 6.61 Å². The quantitative estimate of drug-likeness (QED) is 0.714. The highest BCUT2D eigenvalue weighted by Gasteiger charge is 2.34. The second kappa shape index (κ2) is 6.57. The highest BCUT2D eigenvalue weighted by molar-refractivity contribution is 5.31. The molecule has 0 fully saturated rings. The number of hydrogen-bond acceptors (Lipinski definition) is 4. The Kier molecular flexibility index (Phi) is 5.57. The van der Waals surface area contributed by atoms with Gasteiger partial charge in [0.1, 0.15) is 18.5 Å². The summed E-state index contributed by atoms with van der Waals surface area (Å²) >= 11 is 0. The van der Waals surface area contributed by atoms with Crippen LogP contribution in [-0.2, 0) is 0 Å². The number of benzene rings is 1. The Hall–Kier alpha value is -1.10. The second-order valence-electron chi connectivity index (χ2n) is 6.30. The molecule has 1 rings (SSSR count). The summed E-state index contributed by atoms with van der Waals surface area (Å²) < 4.78 is 5.60. The van der Waals surface area contributed by atoms with Crippen molar-refractivity contribution < 1.29 is 14.9 Å². The normalized spacial score (nSPS) is 14.2. The lowest BCUT2D eigenvalue weighted by Gasteiger charge is -2.38. The third kappa shape index (κ3) is 4.78. The fourth-order valence-corrected chi connectivity index (χ4v) is 1.55. The molecule has 0 aliphatic rings. The average Bonchev–Trinajstić information content (AvgIpc) is 2.34. The van der Waals surface area contributed by atoms with E-state index in [9.17, 15) is 10.2 Å². The Labute approximate surface area is 121 Å². The lowest BCUT2D eigenvalue weighted by molar-refractivity contribution is -0.0120. The predicted octanol–water partition coefficient (Wildman–Crippen LogP) is 1.87. The Bertz CT molecular complexity index is 424. The molecular formula is C16H27NO3. The molecule has 0 bridgehead atoms. The largest absolute Gasteiger partial charge is 0.491 e. The number of aliphatic hydroxyl groups excluding tert-OH is 1. The van der Waals surface area contributed by atoms with Crippen molar-refractivity contribution in [3.05, 3.63) is 29.8 Å². The third-order valence-electron chi connectivity index (χ3n) is 3.83. The van der Waals surface area contributed by atoms with Crippen LogP contribution < -0.4 is 10.1 Å². The lowest BCUT2D eigenvalue weighted by atomic mass is 9.86. The molecule has 0 saturated heterocycles. The topological polar surface area (TPSA) is 61.7 Å². The average molecular weight is 281 g/mol. The van der Waals surface area contributed by atoms with Crippen LogP contribution in [0.2, 0.25) is 0 Å². The summed E-state index contributed by atoms with van der Waals surface area (Å²) in [5, 5.41) is 23.2. The minimum Gasteiger partial charge on any atom is -0.491 e. The molecule has 1 aromatic rings. The van der Waals surface area contributed by atoms with Crippen molar-refractivity contribution in [2.45, 2.75) is 51.9 Å². The van der Waals surface area contributed by atoms with E-state index in [0.717, 1.165) is 11.3 Å². The maximum absolute atomic E-state index is 10.0. The van der Waals surface area contributed by atoms with Gasteiger partial charge in [-0.1, -0.05) is 18.2 Å². The highest BCUT2D eigenvalue weighted by atomic mass is 16.5. The van der Waals surface area contributed by atoms with Gasteiger partial charge >= 0.3 is 0 Å². The number of aliphatic hydroxyl groups is 2. The van der Waals surface area contributed by atoms with Crippen LogP contribution in [0.4, 0.5) is 0 Å². The zero-order valence-corrected chi connectivity index (χ0v) is 13.1. The SMILES string of the molecule is Cc1ccccc1OCC(O)CNC(C)(C)C(C)(C)O. The van der Waals surface area contributed by atoms with E-state index in [1.54, 1.807) is 13.8 Å². The van der Waals surface area contributed by atoms with Gasteiger partial charge in [0, 0.05) is 12.1 Å². The van der Waals surface area contributed by atoms with Crippen molar-refractivity contribution in [3.63, 3.8) is 0 Å². The zero-order chi connectivity index (χ0) is 15.4. The van der Waals surface area contributed by atoms with Crippen molar-refractivity contribution in [1.82, 2.24) is 5.32 Å². The summed E-state index contributed by atoms with van der Waals surface area (Å²) in [6, 6.07) is 7.71. The molecule has 0 heterocycles. The summed E-state index contributed by atoms with van der Waals surface area (Å²) in [4.78, 5) is 0. The predicted molar refractivity (Wildman–Crippen MR) is 81.1 cm³/mol. The third-order valence-corrected chi connectivity index (χ3v) is 3.83. The molecule has 1 aromatic carbocycles. The molecule has 0 aliphatic heterocycles. The molecule has 4 heteroatoms. The van der Waals surface area contributed by atoms with Gasteiger partial charge in [0.2, 0.25) is 0 Å². The van der Waals surface area contributed by atoms with Crippen LogP contribution in [0.5, 0.6) is 5.75 Å². The monoisotopic (exact) mass is 281 g/mol. The summed E-state index contributed by atoms with van der Waals surface area (Å²) in [6.45, 7) is 9.86. The minimum absolute atomic E-state index is 0.222. The van der Waals surface area contributed by atoms with Gasteiger partial charge in [-0.05, 0) is 46.2 Å². The van der Waals surface area contributed by atoms with Gasteiger partial charge in [-0.15, -0.1) is 0 Å². The van der Waals surface area contributed by atoms with Crippen LogP contribution in [0.25, 0.3) is 0 Å². The molecule has 0 spiro atoms. The Balaban J connectivity index is 2.42. The zero-order valence-electron chi connectivity index (χ0n) is 13.1. The second-order valence-corrected chi connectivity index (χ2v) is 6.30. The molecule has 114 valence electrons. The molecular weight excluding hydrogens is 254 g/mol. The molecule has 1 unspecified atom stereocenters. The Morgan fingerprint density at radius 1 is 1.20 bits per heavy atom. The number of hydrogen-bond donors (Lipinski definition) is 3. The fourth-order valence-electron chi connectivity index (χ4n) is 1.55. The number of rotatable bonds is 7. The van der Waals surface area contributed by atoms with E-state index < -0.39 is 17.2 Å². The van der Waals surface area contributed by atoms with Crippen LogP contribution in [0, 0.1) is 6.92 Å². The Morgan fingerprint density at radius 2 is 1.80 bits per heavy atom. The first kappa shape index (κ1) is 17.0. The minimum atomic E-state index is -0.871. The first-order valence-corrected chi connectivity index (χ1v) is 6.97. The molecule has 0 amide bonds. The van der Waals surface area contributed by atoms with Crippen molar-refractivity contribution in [3.8, 4) is 5.75 Å². The lowest BCUT2D eigenvalue weighted by Crippen LogP contribution is -2.57. The first-order valence-electron chi connectivity index (χ1n) is 6.97. The molecule has 0 aromatic heterocycles. The maximum atomic E-state index is 10.0. The van der Waals surface area contributed by atoms with Crippen LogP contribution in [-0.4, -0.2) is 40.6 Å². The number of ether oxygens (including phenoxy) is 1. The summed E-state index contributed by atoms with van der Waals surface area (Å²) in [5.74, 6) is 0.785. The summed E-state index contributed by atoms with van der Waals surface area (Å²) in [5.41, 5.74) is -0.315. The summed E-state index contributed by atoms with van der Waals surface area (Å²) in [7, 11) is 0. The van der Waals surface area contributed by atoms with Crippen molar-refractivity contribution in [2.24, 2.45) is 0 Å². The number of para-hydroxylation sites is 1. The Morgan fingerprint density at radius 3 is 2.35 bits per heavy atom. The van der Waals surface area contributed by atoms with Gasteiger partial charge < -0.3 is 20.3 Å². The number of nitrogens with one attached hydrogen (secondary N) is 1. The van der Waals surface area contributed by atoms with Crippen molar-refractivity contribution >= 4 is 0 Å². The molecule has 0 saturated carbocycles. The smallest absolute Gasteiger partial charge is 0.122 e. The maximum Gasteiger partial charge on any atom is 0.122 e. The molecule has 3 N–H and O–H groups in total. The van der Waals surface area contributed by atoms with Crippen LogP contribution >= 0.6 is 0 Å². The molecule has 0 radical (unpaired) electrons. The molecule has 0 aliphatic carbocycles. The molecule has 4 nitrogen and oxygen atoms in total. The van der Waals surface area contributed by atoms with Gasteiger partial charge in [-0.25, -0.2) is 0 Å². The first-order chi connectivity index (χ1) is 9.13. The van der Waals surface area contributed by atoms with E-state index in [1.165, 1.54) is 0 Å². The van der Waals surface area contributed by atoms with Crippen LogP contribution in [0.15, 0.2) is 24.3 Å². The van der Waals surface area contributed by atoms with Gasteiger partial charge in [0.05, 0.1) is 5.60 Å². The van der Waals surface area contributed by atoms with E-state index >= 15 is 0 Å². The van der Waals surface area contributed by atoms with Gasteiger partial charge in [0.15, 0.2) is 0 Å². The van der Waals surface area contributed by atoms with Crippen molar-refractivity contribution in [1.29, 1.82) is 0 Å². The van der Waals surface area contributed by atoms with E-state index in [1.807, 2.05) is 45.0 Å². The van der Waals surface area contributed by atoms with Gasteiger partial charge in [-0.2, -0.15) is 0 Å². The van der Waals surface area contributed by atoms with E-state index in [0.29, 0.717) is 6.54 Å². The number of β-amino-alcohol motifs (C(OH)–C–C–N with tert-alkyl or cyclic N) is 1. The highest BCUT2D eigenvalue weighted by Crippen LogP contribution is 2.20. The van der Waals surface area contributed by atoms with Gasteiger partial charge in [-0.3, -0.25) is 0 Å². The summed E-state index contributed by atoms with van der Waals surface area (Å²) in [6.07, 6.45) is -0.628. The van der Waals surface area contributed by atoms with Crippen LogP contribution in [0.1, 0.15) is 33.3 Å². The standard InChI is InChI=1S/C16H27NO3/c1-12-8-6-7-9-14(12)20-11-13(18)10-17-15(2,3)16(4,5)19/h6-9,13,17-19H,10-11H2,1-5H3. The van der Waals surface area contributed by atoms with Crippen molar-refractivity contribution in [2.75, 3.05) is 13.2 Å². The molecule has 1 atom stereocenters. The van der Waals surface area contributed by atoms with E-state index in [4.69, 9.17) is 4.74 Å². The van der Waals surface area contributed by atoms with Crippen LogP contribution in [0.3, 0.4) is 0 Å². The van der Waals surface area contributed by atoms with E-state index in [2.05, 4.69) is 5.32 Å². The molecule has 20 heavy (non-hydrogen) atoms. The number of aryl methyl sites for hydroxylation is 1.